The van der Waals surface area contributed by atoms with Gasteiger partial charge in [-0.05, 0) is 25.0 Å². The van der Waals surface area contributed by atoms with Gasteiger partial charge < -0.3 is 10.6 Å². The number of aromatic nitrogens is 2. The monoisotopic (exact) mass is 272 g/mol. The molecular weight excluding hydrogens is 252 g/mol. The number of amides is 1. The fourth-order valence-electron chi connectivity index (χ4n) is 2.20. The summed E-state index contributed by atoms with van der Waals surface area (Å²) in [5.41, 5.74) is 10.0. The van der Waals surface area contributed by atoms with Gasteiger partial charge in [-0.3, -0.25) is 9.48 Å². The molecule has 1 aromatic heterocycles. The van der Waals surface area contributed by atoms with Gasteiger partial charge in [0.2, 0.25) is 0 Å². The lowest BCUT2D eigenvalue weighted by Crippen LogP contribution is -2.27. The van der Waals surface area contributed by atoms with E-state index in [4.69, 9.17) is 5.73 Å². The Hall–Kier alpha value is -2.30. The lowest BCUT2D eigenvalue weighted by atomic mass is 10.1. The number of hydrogen-bond acceptors (Lipinski definition) is 3. The Morgan fingerprint density at radius 2 is 2.10 bits per heavy atom. The van der Waals surface area contributed by atoms with Crippen molar-refractivity contribution in [1.29, 1.82) is 0 Å². The van der Waals surface area contributed by atoms with E-state index in [9.17, 15) is 4.79 Å². The largest absolute Gasteiger partial charge is 0.396 e. The third kappa shape index (κ3) is 2.82. The van der Waals surface area contributed by atoms with Crippen molar-refractivity contribution in [2.75, 3.05) is 12.8 Å². The maximum Gasteiger partial charge on any atom is 0.276 e. The zero-order valence-corrected chi connectivity index (χ0v) is 12.3. The third-order valence-corrected chi connectivity index (χ3v) is 3.31. The molecule has 0 atom stereocenters. The molecule has 0 aliphatic heterocycles. The van der Waals surface area contributed by atoms with E-state index in [-0.39, 0.29) is 5.91 Å². The second-order valence-corrected chi connectivity index (χ2v) is 5.20. The zero-order chi connectivity index (χ0) is 14.9. The van der Waals surface area contributed by atoms with Gasteiger partial charge in [-0.25, -0.2) is 0 Å². The fourth-order valence-corrected chi connectivity index (χ4v) is 2.20. The third-order valence-electron chi connectivity index (χ3n) is 3.31. The molecule has 1 amide bonds. The van der Waals surface area contributed by atoms with Gasteiger partial charge in [-0.1, -0.05) is 23.8 Å². The minimum atomic E-state index is -0.164. The molecule has 1 aromatic carbocycles. The molecule has 2 N–H and O–H groups in total. The van der Waals surface area contributed by atoms with Crippen molar-refractivity contribution in [2.45, 2.75) is 20.4 Å². The molecule has 0 radical (unpaired) electrons. The topological polar surface area (TPSA) is 64.2 Å². The number of nitrogens with zero attached hydrogens (tertiary/aromatic N) is 3. The lowest BCUT2D eigenvalue weighted by molar-refractivity contribution is 0.0779. The summed E-state index contributed by atoms with van der Waals surface area (Å²) in [6.45, 7) is 4.65. The number of anilines is 1. The van der Waals surface area contributed by atoms with Crippen LogP contribution in [0.5, 0.6) is 0 Å². The molecule has 106 valence electrons. The molecule has 5 heteroatoms. The van der Waals surface area contributed by atoms with Crippen molar-refractivity contribution in [3.8, 4) is 0 Å². The predicted molar refractivity (Wildman–Crippen MR) is 79.3 cm³/mol. The maximum absolute atomic E-state index is 12.3. The van der Waals surface area contributed by atoms with Crippen LogP contribution in [0, 0.1) is 13.8 Å². The zero-order valence-electron chi connectivity index (χ0n) is 12.3. The van der Waals surface area contributed by atoms with Gasteiger partial charge in [0, 0.05) is 26.8 Å². The number of carbonyl (C=O) groups is 1. The van der Waals surface area contributed by atoms with Crippen LogP contribution in [-0.4, -0.2) is 27.6 Å². The Bertz CT molecular complexity index is 645. The average Bonchev–Trinajstić information content (AvgIpc) is 2.71. The molecular formula is C15H20N4O. The molecule has 0 spiro atoms. The predicted octanol–water partition coefficient (Wildman–Crippen LogP) is 1.89. The molecule has 0 saturated heterocycles. The standard InChI is InChI=1S/C15H20N4O/c1-10-5-6-12(11(2)7-10)8-18(3)15(20)14-13(16)9-19(4)17-14/h5-7,9H,8,16H2,1-4H3. The van der Waals surface area contributed by atoms with Gasteiger partial charge in [0.15, 0.2) is 5.69 Å². The van der Waals surface area contributed by atoms with Crippen molar-refractivity contribution in [3.05, 3.63) is 46.8 Å². The molecule has 0 saturated carbocycles. The summed E-state index contributed by atoms with van der Waals surface area (Å²) in [6.07, 6.45) is 1.64. The van der Waals surface area contributed by atoms with Crippen LogP contribution in [0.3, 0.4) is 0 Å². The highest BCUT2D eigenvalue weighted by Crippen LogP contribution is 2.16. The normalized spacial score (nSPS) is 10.6. The summed E-state index contributed by atoms with van der Waals surface area (Å²) < 4.78 is 1.55. The Morgan fingerprint density at radius 1 is 1.40 bits per heavy atom. The molecule has 2 aromatic rings. The Balaban J connectivity index is 2.17. The molecule has 0 bridgehead atoms. The Morgan fingerprint density at radius 3 is 2.65 bits per heavy atom. The van der Waals surface area contributed by atoms with Crippen molar-refractivity contribution in [1.82, 2.24) is 14.7 Å². The highest BCUT2D eigenvalue weighted by Gasteiger charge is 2.18. The molecule has 0 fully saturated rings. The molecule has 2 rings (SSSR count). The summed E-state index contributed by atoms with van der Waals surface area (Å²) in [5, 5.41) is 4.11. The molecule has 0 aliphatic rings. The highest BCUT2D eigenvalue weighted by molar-refractivity contribution is 5.96. The fraction of sp³-hybridized carbons (Fsp3) is 0.333. The molecule has 0 unspecified atom stereocenters. The first-order valence-corrected chi connectivity index (χ1v) is 6.49. The van der Waals surface area contributed by atoms with Gasteiger partial charge in [0.1, 0.15) is 0 Å². The number of hydrogen-bond donors (Lipinski definition) is 1. The minimum Gasteiger partial charge on any atom is -0.396 e. The van der Waals surface area contributed by atoms with Crippen molar-refractivity contribution < 1.29 is 4.79 Å². The van der Waals surface area contributed by atoms with Gasteiger partial charge in [-0.15, -0.1) is 0 Å². The minimum absolute atomic E-state index is 0.164. The smallest absolute Gasteiger partial charge is 0.276 e. The van der Waals surface area contributed by atoms with E-state index in [1.54, 1.807) is 29.9 Å². The first kappa shape index (κ1) is 14.1. The number of rotatable bonds is 3. The first-order chi connectivity index (χ1) is 9.38. The van der Waals surface area contributed by atoms with E-state index in [0.29, 0.717) is 17.9 Å². The van der Waals surface area contributed by atoms with Crippen molar-refractivity contribution in [3.63, 3.8) is 0 Å². The molecule has 0 aliphatic carbocycles. The quantitative estimate of drug-likeness (QED) is 0.928. The lowest BCUT2D eigenvalue weighted by Gasteiger charge is -2.18. The van der Waals surface area contributed by atoms with Gasteiger partial charge >= 0.3 is 0 Å². The second-order valence-electron chi connectivity index (χ2n) is 5.20. The first-order valence-electron chi connectivity index (χ1n) is 6.49. The number of benzene rings is 1. The van der Waals surface area contributed by atoms with Gasteiger partial charge in [0.25, 0.3) is 5.91 Å². The van der Waals surface area contributed by atoms with Crippen LogP contribution < -0.4 is 5.73 Å². The van der Waals surface area contributed by atoms with E-state index in [2.05, 4.69) is 37.1 Å². The number of carbonyl (C=O) groups excluding carboxylic acids is 1. The average molecular weight is 272 g/mol. The van der Waals surface area contributed by atoms with E-state index in [1.165, 1.54) is 11.1 Å². The van der Waals surface area contributed by atoms with E-state index in [0.717, 1.165) is 5.56 Å². The van der Waals surface area contributed by atoms with Crippen LogP contribution in [-0.2, 0) is 13.6 Å². The van der Waals surface area contributed by atoms with E-state index in [1.807, 2.05) is 0 Å². The summed E-state index contributed by atoms with van der Waals surface area (Å²) >= 11 is 0. The summed E-state index contributed by atoms with van der Waals surface area (Å²) in [7, 11) is 3.51. The van der Waals surface area contributed by atoms with Crippen LogP contribution in [0.25, 0.3) is 0 Å². The van der Waals surface area contributed by atoms with Crippen LogP contribution in [0.1, 0.15) is 27.2 Å². The number of nitrogen functional groups attached to an aromatic ring is 1. The SMILES string of the molecule is Cc1ccc(CN(C)C(=O)c2nn(C)cc2N)c(C)c1. The molecule has 20 heavy (non-hydrogen) atoms. The van der Waals surface area contributed by atoms with Crippen molar-refractivity contribution in [2.24, 2.45) is 7.05 Å². The van der Waals surface area contributed by atoms with E-state index < -0.39 is 0 Å². The van der Waals surface area contributed by atoms with Crippen LogP contribution in [0.15, 0.2) is 24.4 Å². The number of nitrogens with two attached hydrogens (primary N) is 1. The van der Waals surface area contributed by atoms with Crippen molar-refractivity contribution >= 4 is 11.6 Å². The number of aryl methyl sites for hydroxylation is 3. The van der Waals surface area contributed by atoms with Crippen LogP contribution in [0.4, 0.5) is 5.69 Å². The second kappa shape index (κ2) is 5.36. The maximum atomic E-state index is 12.3. The molecule has 5 nitrogen and oxygen atoms in total. The Labute approximate surface area is 119 Å². The summed E-state index contributed by atoms with van der Waals surface area (Å²) in [4.78, 5) is 14.0. The van der Waals surface area contributed by atoms with Crippen LogP contribution in [0.2, 0.25) is 0 Å². The summed E-state index contributed by atoms with van der Waals surface area (Å²) in [6, 6.07) is 6.22. The Kier molecular flexibility index (Phi) is 3.79. The summed E-state index contributed by atoms with van der Waals surface area (Å²) in [5.74, 6) is -0.164. The van der Waals surface area contributed by atoms with Gasteiger partial charge in [-0.2, -0.15) is 5.10 Å². The van der Waals surface area contributed by atoms with E-state index >= 15 is 0 Å². The van der Waals surface area contributed by atoms with Gasteiger partial charge in [0.05, 0.1) is 5.69 Å². The molecule has 1 heterocycles. The highest BCUT2D eigenvalue weighted by atomic mass is 16.2. The van der Waals surface area contributed by atoms with Crippen LogP contribution >= 0.6 is 0 Å².